The second kappa shape index (κ2) is 9.02. The fourth-order valence-corrected chi connectivity index (χ4v) is 2.95. The molecule has 0 atom stereocenters. The van der Waals surface area contributed by atoms with Gasteiger partial charge in [-0.25, -0.2) is 0 Å². The molecule has 0 amide bonds. The molecule has 0 radical (unpaired) electrons. The molecule has 0 aliphatic carbocycles. The molecule has 1 heterocycles. The number of benzene rings is 3. The average Bonchev–Trinajstić information content (AvgIpc) is 2.79. The fraction of sp³-hybridized carbons (Fsp3) is 0.0870. The lowest BCUT2D eigenvalue weighted by molar-refractivity contribution is 0.282. The highest BCUT2D eigenvalue weighted by Crippen LogP contribution is 2.23. The van der Waals surface area contributed by atoms with Gasteiger partial charge in [0.1, 0.15) is 11.5 Å². The molecule has 3 aromatic carbocycles. The number of hydrogen-bond acceptors (Lipinski definition) is 7. The molecular formula is C23H21N5O2. The Morgan fingerprint density at radius 3 is 2.27 bits per heavy atom. The van der Waals surface area contributed by atoms with E-state index in [9.17, 15) is 5.11 Å². The van der Waals surface area contributed by atoms with Gasteiger partial charge in [-0.1, -0.05) is 54.6 Å². The predicted molar refractivity (Wildman–Crippen MR) is 116 cm³/mol. The van der Waals surface area contributed by atoms with E-state index in [4.69, 9.17) is 10.5 Å². The number of nitrogen functional groups attached to an aromatic ring is 1. The summed E-state index contributed by atoms with van der Waals surface area (Å²) in [5.74, 6) is 2.45. The smallest absolute Gasteiger partial charge is 0.228 e. The van der Waals surface area contributed by atoms with Crippen LogP contribution in [0.1, 0.15) is 11.1 Å². The summed E-state index contributed by atoms with van der Waals surface area (Å²) in [6, 6.07) is 24.8. The van der Waals surface area contributed by atoms with Crippen LogP contribution < -0.4 is 15.8 Å². The zero-order valence-electron chi connectivity index (χ0n) is 16.2. The van der Waals surface area contributed by atoms with Gasteiger partial charge in [0, 0.05) is 12.1 Å². The van der Waals surface area contributed by atoms with Crippen molar-refractivity contribution in [1.29, 1.82) is 0 Å². The molecule has 150 valence electrons. The maximum Gasteiger partial charge on any atom is 0.228 e. The Morgan fingerprint density at radius 2 is 1.50 bits per heavy atom. The Bertz CT molecular complexity index is 1120. The highest BCUT2D eigenvalue weighted by molar-refractivity contribution is 5.62. The number of ether oxygens (including phenoxy) is 1. The summed E-state index contributed by atoms with van der Waals surface area (Å²) in [6.07, 6.45) is 0. The van der Waals surface area contributed by atoms with E-state index in [-0.39, 0.29) is 12.6 Å². The van der Waals surface area contributed by atoms with Crippen molar-refractivity contribution < 1.29 is 9.84 Å². The third kappa shape index (κ3) is 4.71. The number of aliphatic hydroxyl groups is 1. The zero-order chi connectivity index (χ0) is 20.8. The van der Waals surface area contributed by atoms with E-state index in [0.29, 0.717) is 18.3 Å². The van der Waals surface area contributed by atoms with Crippen molar-refractivity contribution in [2.45, 2.75) is 13.2 Å². The van der Waals surface area contributed by atoms with Gasteiger partial charge < -0.3 is 20.9 Å². The molecule has 4 N–H and O–H groups in total. The number of anilines is 2. The Balaban J connectivity index is 1.45. The monoisotopic (exact) mass is 399 g/mol. The van der Waals surface area contributed by atoms with Gasteiger partial charge in [0.15, 0.2) is 5.82 Å². The first kappa shape index (κ1) is 19.4. The van der Waals surface area contributed by atoms with Crippen molar-refractivity contribution in [3.05, 3.63) is 90.0 Å². The maximum absolute atomic E-state index is 9.56. The van der Waals surface area contributed by atoms with Crippen molar-refractivity contribution in [1.82, 2.24) is 15.0 Å². The van der Waals surface area contributed by atoms with E-state index in [0.717, 1.165) is 28.2 Å². The lowest BCUT2D eigenvalue weighted by Crippen LogP contribution is -2.08. The molecular weight excluding hydrogens is 378 g/mol. The number of rotatable bonds is 7. The van der Waals surface area contributed by atoms with Crippen LogP contribution >= 0.6 is 0 Å². The molecule has 7 heteroatoms. The molecule has 30 heavy (non-hydrogen) atoms. The Kier molecular flexibility index (Phi) is 5.82. The molecule has 0 spiro atoms. The summed E-state index contributed by atoms with van der Waals surface area (Å²) < 4.78 is 5.81. The van der Waals surface area contributed by atoms with Gasteiger partial charge in [-0.3, -0.25) is 0 Å². The number of hydrogen-bond donors (Lipinski definition) is 3. The number of nitrogens with one attached hydrogen (secondary N) is 1. The molecule has 1 aromatic heterocycles. The fourth-order valence-electron chi connectivity index (χ4n) is 2.95. The van der Waals surface area contributed by atoms with Crippen molar-refractivity contribution in [3.8, 4) is 22.9 Å². The first-order chi connectivity index (χ1) is 14.7. The third-order valence-corrected chi connectivity index (χ3v) is 4.43. The molecule has 7 nitrogen and oxygen atoms in total. The normalized spacial score (nSPS) is 10.6. The molecule has 4 aromatic rings. The summed E-state index contributed by atoms with van der Waals surface area (Å²) in [5.41, 5.74) is 8.35. The highest BCUT2D eigenvalue weighted by atomic mass is 16.5. The molecule has 0 saturated carbocycles. The summed E-state index contributed by atoms with van der Waals surface area (Å²) in [7, 11) is 0. The summed E-state index contributed by atoms with van der Waals surface area (Å²) in [4.78, 5) is 12.8. The van der Waals surface area contributed by atoms with Crippen LogP contribution in [0.2, 0.25) is 0 Å². The van der Waals surface area contributed by atoms with Crippen LogP contribution in [-0.4, -0.2) is 20.1 Å². The summed E-state index contributed by atoms with van der Waals surface area (Å²) in [6.45, 7) is 0.401. The van der Waals surface area contributed by atoms with E-state index < -0.39 is 0 Å². The van der Waals surface area contributed by atoms with Crippen molar-refractivity contribution in [2.24, 2.45) is 0 Å². The van der Waals surface area contributed by atoms with E-state index >= 15 is 0 Å². The van der Waals surface area contributed by atoms with Gasteiger partial charge in [-0.15, -0.1) is 0 Å². The number of aromatic nitrogens is 3. The summed E-state index contributed by atoms with van der Waals surface area (Å²) in [5, 5.41) is 12.7. The minimum atomic E-state index is -0.109. The first-order valence-corrected chi connectivity index (χ1v) is 9.47. The zero-order valence-corrected chi connectivity index (χ0v) is 16.2. The maximum atomic E-state index is 9.56. The van der Waals surface area contributed by atoms with E-state index in [2.05, 4.69) is 20.3 Å². The first-order valence-electron chi connectivity index (χ1n) is 9.47. The number of nitrogens with two attached hydrogens (primary N) is 1. The standard InChI is InChI=1S/C23H21N5O2/c24-22-26-21(20-9-5-4-6-17(20)15-29)27-23(28-22)25-14-16-10-12-19(13-11-16)30-18-7-2-1-3-8-18/h1-13,29H,14-15H2,(H3,24,25,26,27,28). The SMILES string of the molecule is Nc1nc(NCc2ccc(Oc3ccccc3)cc2)nc(-c2ccccc2CO)n1. The number of aliphatic hydroxyl groups excluding tert-OH is 1. The van der Waals surface area contributed by atoms with Crippen LogP contribution in [0.4, 0.5) is 11.9 Å². The largest absolute Gasteiger partial charge is 0.457 e. The molecule has 0 fully saturated rings. The van der Waals surface area contributed by atoms with E-state index in [1.807, 2.05) is 78.9 Å². The van der Waals surface area contributed by atoms with Crippen LogP contribution in [0, 0.1) is 0 Å². The minimum Gasteiger partial charge on any atom is -0.457 e. The second-order valence-corrected chi connectivity index (χ2v) is 6.57. The van der Waals surface area contributed by atoms with Crippen LogP contribution in [0.3, 0.4) is 0 Å². The predicted octanol–water partition coefficient (Wildman–Crippen LogP) is 4.02. The van der Waals surface area contributed by atoms with Crippen LogP contribution in [-0.2, 0) is 13.2 Å². The number of nitrogens with zero attached hydrogens (tertiary/aromatic N) is 3. The topological polar surface area (TPSA) is 106 Å². The van der Waals surface area contributed by atoms with Gasteiger partial charge in [-0.05, 0) is 35.4 Å². The Hall–Kier alpha value is -3.97. The van der Waals surface area contributed by atoms with Gasteiger partial charge in [0.05, 0.1) is 6.61 Å². The lowest BCUT2D eigenvalue weighted by Gasteiger charge is -2.10. The van der Waals surface area contributed by atoms with Gasteiger partial charge >= 0.3 is 0 Å². The molecule has 0 unspecified atom stereocenters. The Morgan fingerprint density at radius 1 is 0.800 bits per heavy atom. The van der Waals surface area contributed by atoms with Crippen LogP contribution in [0.25, 0.3) is 11.4 Å². The Labute approximate surface area is 174 Å². The number of para-hydroxylation sites is 1. The lowest BCUT2D eigenvalue weighted by atomic mass is 10.1. The van der Waals surface area contributed by atoms with Crippen molar-refractivity contribution >= 4 is 11.9 Å². The van der Waals surface area contributed by atoms with Crippen LogP contribution in [0.5, 0.6) is 11.5 Å². The molecule has 0 aliphatic rings. The molecule has 0 bridgehead atoms. The highest BCUT2D eigenvalue weighted by Gasteiger charge is 2.10. The molecule has 4 rings (SSSR count). The van der Waals surface area contributed by atoms with Crippen LogP contribution in [0.15, 0.2) is 78.9 Å². The average molecular weight is 399 g/mol. The van der Waals surface area contributed by atoms with Gasteiger partial charge in [0.25, 0.3) is 0 Å². The van der Waals surface area contributed by atoms with Gasteiger partial charge in [0.2, 0.25) is 11.9 Å². The quantitative estimate of drug-likeness (QED) is 0.431. The summed E-state index contributed by atoms with van der Waals surface area (Å²) >= 11 is 0. The van der Waals surface area contributed by atoms with Crippen molar-refractivity contribution in [3.63, 3.8) is 0 Å². The third-order valence-electron chi connectivity index (χ3n) is 4.43. The second-order valence-electron chi connectivity index (χ2n) is 6.57. The van der Waals surface area contributed by atoms with Gasteiger partial charge in [-0.2, -0.15) is 15.0 Å². The van der Waals surface area contributed by atoms with E-state index in [1.165, 1.54) is 0 Å². The minimum absolute atomic E-state index is 0.109. The van der Waals surface area contributed by atoms with Crippen molar-refractivity contribution in [2.75, 3.05) is 11.1 Å². The van der Waals surface area contributed by atoms with E-state index in [1.54, 1.807) is 0 Å². The molecule has 0 saturated heterocycles. The molecule has 0 aliphatic heterocycles.